The molecule has 0 saturated carbocycles. The second kappa shape index (κ2) is 15.7. The first-order valence-corrected chi connectivity index (χ1v) is 15.9. The number of aryl methyl sites for hydroxylation is 2. The molecule has 6 rings (SSSR count). The van der Waals surface area contributed by atoms with Crippen molar-refractivity contribution in [1.29, 1.82) is 0 Å². The van der Waals surface area contributed by atoms with Crippen molar-refractivity contribution in [3.8, 4) is 0 Å². The number of methoxy groups -OCH3 is 2. The van der Waals surface area contributed by atoms with Crippen LogP contribution in [0.2, 0.25) is 10.3 Å². The summed E-state index contributed by atoms with van der Waals surface area (Å²) in [7, 11) is 2.67. The maximum atomic E-state index is 10.8. The Morgan fingerprint density at radius 2 is 1.36 bits per heavy atom. The van der Waals surface area contributed by atoms with Crippen LogP contribution in [-0.2, 0) is 9.47 Å². The molecule has 6 heterocycles. The maximum Gasteiger partial charge on any atom is 0.350 e. The van der Waals surface area contributed by atoms with E-state index < -0.39 is 0 Å². The Labute approximate surface area is 266 Å². The number of hydrogen-bond donors (Lipinski definition) is 2. The van der Waals surface area contributed by atoms with E-state index in [0.717, 1.165) is 32.1 Å². The molecule has 0 unspecified atom stereocenters. The third-order valence-corrected chi connectivity index (χ3v) is 8.98. The topological polar surface area (TPSA) is 156 Å². The molecule has 4 N–H and O–H groups in total. The first-order chi connectivity index (χ1) is 20.0. The van der Waals surface area contributed by atoms with Crippen molar-refractivity contribution < 1.29 is 19.1 Å². The molecule has 0 fully saturated rings. The summed E-state index contributed by atoms with van der Waals surface area (Å²) in [6.07, 6.45) is 0. The number of carbonyl (C=O) groups is 2. The molecule has 10 nitrogen and oxygen atoms in total. The Morgan fingerprint density at radius 3 is 1.98 bits per heavy atom. The van der Waals surface area contributed by atoms with Gasteiger partial charge in [0, 0.05) is 5.39 Å². The number of nitrogens with zero attached hydrogens (tertiary/aromatic N) is 4. The van der Waals surface area contributed by atoms with E-state index in [9.17, 15) is 9.59 Å². The van der Waals surface area contributed by atoms with Gasteiger partial charge in [0.1, 0.15) is 31.5 Å². The summed E-state index contributed by atoms with van der Waals surface area (Å²) in [5.41, 5.74) is 12.7. The highest BCUT2D eigenvalue weighted by Crippen LogP contribution is 2.26. The standard InChI is InChI=1S/2C7H5ClN2S.2C6H7NO2S/c1-4-9-5-2-3-11-6(5)7(8)10-4;1-4-9-6(8)5-2-3-11-7(5)10-4;1-9-6(8)5-4(7)2-3-10-5;1-9-6(8)4-2-3-10-5(4)7/h2*2-3H,1H3;2*2-3H,7H2,1H3. The Kier molecular flexibility index (Phi) is 12.4. The van der Waals surface area contributed by atoms with Gasteiger partial charge in [0.25, 0.3) is 0 Å². The minimum atomic E-state index is -0.376. The van der Waals surface area contributed by atoms with Crippen molar-refractivity contribution >= 4 is 112 Å². The van der Waals surface area contributed by atoms with Gasteiger partial charge in [-0.05, 0) is 59.6 Å². The van der Waals surface area contributed by atoms with E-state index in [1.807, 2.05) is 36.7 Å². The summed E-state index contributed by atoms with van der Waals surface area (Å²) >= 11 is 17.5. The second-order valence-corrected chi connectivity index (χ2v) is 12.2. The van der Waals surface area contributed by atoms with Crippen molar-refractivity contribution in [3.63, 3.8) is 0 Å². The Bertz CT molecular complexity index is 1670. The van der Waals surface area contributed by atoms with Crippen molar-refractivity contribution in [3.05, 3.63) is 78.2 Å². The van der Waals surface area contributed by atoms with Crippen LogP contribution in [0.25, 0.3) is 20.4 Å². The molecule has 0 amide bonds. The van der Waals surface area contributed by atoms with E-state index in [0.29, 0.717) is 31.4 Å². The van der Waals surface area contributed by atoms with Gasteiger partial charge >= 0.3 is 11.9 Å². The molecule has 0 atom stereocenters. The number of nitrogen functional groups attached to an aromatic ring is 2. The molecule has 220 valence electrons. The third-order valence-electron chi connectivity index (χ3n) is 4.93. The number of carbonyl (C=O) groups excluding carboxylic acids is 2. The number of aromatic nitrogens is 4. The fourth-order valence-corrected chi connectivity index (χ4v) is 6.60. The molecule has 6 aromatic heterocycles. The highest BCUT2D eigenvalue weighted by molar-refractivity contribution is 7.17. The fourth-order valence-electron chi connectivity index (χ4n) is 3.03. The van der Waals surface area contributed by atoms with Crippen LogP contribution in [0.15, 0.2) is 45.8 Å². The van der Waals surface area contributed by atoms with Crippen LogP contribution in [0.4, 0.5) is 10.7 Å². The smallest absolute Gasteiger partial charge is 0.350 e. The molecule has 0 spiro atoms. The second-order valence-electron chi connectivity index (χ2n) is 7.78. The zero-order valence-electron chi connectivity index (χ0n) is 22.6. The van der Waals surface area contributed by atoms with Gasteiger partial charge in [-0.25, -0.2) is 29.5 Å². The van der Waals surface area contributed by atoms with Crippen LogP contribution in [-0.4, -0.2) is 46.1 Å². The van der Waals surface area contributed by atoms with E-state index >= 15 is 0 Å². The zero-order chi connectivity index (χ0) is 30.8. The normalized spacial score (nSPS) is 10.0. The number of ether oxygens (including phenoxy) is 2. The quantitative estimate of drug-likeness (QED) is 0.138. The monoisotopic (exact) mass is 682 g/mol. The molecule has 16 heteroatoms. The predicted octanol–water partition coefficient (Wildman–Crippen LogP) is 7.54. The first-order valence-electron chi connectivity index (χ1n) is 11.6. The molecule has 0 aliphatic rings. The minimum Gasteiger partial charge on any atom is -0.465 e. The van der Waals surface area contributed by atoms with Gasteiger partial charge in [0.05, 0.1) is 35.7 Å². The van der Waals surface area contributed by atoms with E-state index in [-0.39, 0.29) is 11.9 Å². The van der Waals surface area contributed by atoms with Gasteiger partial charge in [-0.3, -0.25) is 0 Å². The van der Waals surface area contributed by atoms with Gasteiger partial charge in [0.15, 0.2) is 5.15 Å². The van der Waals surface area contributed by atoms with E-state index in [2.05, 4.69) is 29.4 Å². The number of halogens is 2. The molecule has 6 aromatic rings. The average molecular weight is 684 g/mol. The number of fused-ring (bicyclic) bond motifs is 2. The average Bonchev–Trinajstić information content (AvgIpc) is 3.77. The Balaban J connectivity index is 0.000000154. The molecule has 0 bridgehead atoms. The van der Waals surface area contributed by atoms with Crippen LogP contribution in [0, 0.1) is 13.8 Å². The number of nitrogens with two attached hydrogens (primary N) is 2. The number of anilines is 2. The lowest BCUT2D eigenvalue weighted by Gasteiger charge is -1.94. The number of thiophene rings is 4. The summed E-state index contributed by atoms with van der Waals surface area (Å²) in [4.78, 5) is 39.5. The highest BCUT2D eigenvalue weighted by Gasteiger charge is 2.10. The van der Waals surface area contributed by atoms with E-state index in [4.69, 9.17) is 34.7 Å². The molecule has 0 radical (unpaired) electrons. The van der Waals surface area contributed by atoms with Crippen molar-refractivity contribution in [2.24, 2.45) is 0 Å². The highest BCUT2D eigenvalue weighted by atomic mass is 35.5. The van der Waals surface area contributed by atoms with Gasteiger partial charge in [-0.15, -0.1) is 45.3 Å². The summed E-state index contributed by atoms with van der Waals surface area (Å²) in [6, 6.07) is 7.20. The molecule has 0 aliphatic carbocycles. The molecule has 0 aromatic carbocycles. The van der Waals surface area contributed by atoms with Gasteiger partial charge < -0.3 is 20.9 Å². The summed E-state index contributed by atoms with van der Waals surface area (Å²) in [5, 5.41) is 9.99. The number of rotatable bonds is 2. The molecular weight excluding hydrogens is 659 g/mol. The lowest BCUT2D eigenvalue weighted by Crippen LogP contribution is -2.01. The van der Waals surface area contributed by atoms with Crippen LogP contribution < -0.4 is 11.5 Å². The molecule has 0 aliphatic heterocycles. The lowest BCUT2D eigenvalue weighted by atomic mass is 10.3. The predicted molar refractivity (Wildman–Crippen MR) is 174 cm³/mol. The largest absolute Gasteiger partial charge is 0.465 e. The summed E-state index contributed by atoms with van der Waals surface area (Å²) in [6.45, 7) is 3.67. The number of esters is 2. The van der Waals surface area contributed by atoms with Gasteiger partial charge in [0.2, 0.25) is 0 Å². The minimum absolute atomic E-state index is 0.368. The van der Waals surface area contributed by atoms with Crippen LogP contribution >= 0.6 is 68.5 Å². The molecule has 0 saturated heterocycles. The Morgan fingerprint density at radius 1 is 0.738 bits per heavy atom. The van der Waals surface area contributed by atoms with E-state index in [1.165, 1.54) is 36.9 Å². The SMILES string of the molecule is COC(=O)c1ccsc1N.COC(=O)c1sccc1N.Cc1nc(Cl)c2ccsc2n1.Cc1nc(Cl)c2sccc2n1. The lowest BCUT2D eigenvalue weighted by molar-refractivity contribution is 0.0595. The first kappa shape index (κ1) is 33.1. The summed E-state index contributed by atoms with van der Waals surface area (Å²) < 4.78 is 9.90. The van der Waals surface area contributed by atoms with Crippen LogP contribution in [0.5, 0.6) is 0 Å². The van der Waals surface area contributed by atoms with Gasteiger partial charge in [-0.2, -0.15) is 0 Å². The van der Waals surface area contributed by atoms with Crippen LogP contribution in [0.3, 0.4) is 0 Å². The third kappa shape index (κ3) is 8.80. The fraction of sp³-hybridized carbons (Fsp3) is 0.154. The summed E-state index contributed by atoms with van der Waals surface area (Å²) in [5.74, 6) is 0.706. The Hall–Kier alpha value is -3.40. The van der Waals surface area contributed by atoms with E-state index in [1.54, 1.807) is 45.6 Å². The zero-order valence-corrected chi connectivity index (χ0v) is 27.4. The van der Waals surface area contributed by atoms with Gasteiger partial charge in [-0.1, -0.05) is 23.2 Å². The van der Waals surface area contributed by atoms with Crippen molar-refractivity contribution in [1.82, 2.24) is 19.9 Å². The molecular formula is C26H24Cl2N6O4S4. The van der Waals surface area contributed by atoms with Crippen molar-refractivity contribution in [2.45, 2.75) is 13.8 Å². The number of hydrogen-bond acceptors (Lipinski definition) is 14. The van der Waals surface area contributed by atoms with Crippen LogP contribution in [0.1, 0.15) is 31.7 Å². The molecule has 42 heavy (non-hydrogen) atoms. The maximum absolute atomic E-state index is 10.8. The van der Waals surface area contributed by atoms with Crippen molar-refractivity contribution in [2.75, 3.05) is 25.7 Å².